The average molecular weight is 266 g/mol. The van der Waals surface area contributed by atoms with Crippen LogP contribution in [-0.2, 0) is 6.42 Å². The van der Waals surface area contributed by atoms with E-state index in [-0.39, 0.29) is 0 Å². The van der Waals surface area contributed by atoms with Crippen LogP contribution in [0.2, 0.25) is 0 Å². The molecule has 1 heterocycles. The minimum Gasteiger partial charge on any atom is -0.384 e. The number of nitrogens with two attached hydrogens (primary N) is 1. The maximum absolute atomic E-state index is 5.81. The van der Waals surface area contributed by atoms with Crippen LogP contribution in [-0.4, -0.2) is 27.0 Å². The van der Waals surface area contributed by atoms with E-state index in [9.17, 15) is 0 Å². The first-order valence-corrected chi connectivity index (χ1v) is 7.79. The Morgan fingerprint density at radius 2 is 2.22 bits per heavy atom. The summed E-state index contributed by atoms with van der Waals surface area (Å²) in [6.45, 7) is 4.27. The topological polar surface area (TPSA) is 63.8 Å². The largest absolute Gasteiger partial charge is 0.384 e. The molecule has 1 aliphatic carbocycles. The Bertz CT molecular complexity index is 397. The lowest BCUT2D eigenvalue weighted by Gasteiger charge is -2.21. The highest BCUT2D eigenvalue weighted by atomic mass is 32.2. The molecule has 0 amide bonds. The summed E-state index contributed by atoms with van der Waals surface area (Å²) in [6, 6.07) is 2.36. The van der Waals surface area contributed by atoms with Gasteiger partial charge in [-0.25, -0.2) is 9.97 Å². The highest BCUT2D eigenvalue weighted by molar-refractivity contribution is 7.99. The van der Waals surface area contributed by atoms with Crippen LogP contribution >= 0.6 is 11.8 Å². The molecule has 3 N–H and O–H groups in total. The number of nitrogen functional groups attached to an aromatic ring is 1. The molecule has 2 rings (SSSR count). The zero-order valence-electron chi connectivity index (χ0n) is 11.1. The summed E-state index contributed by atoms with van der Waals surface area (Å²) in [5.41, 5.74) is 5.81. The monoisotopic (exact) mass is 266 g/mol. The Balaban J connectivity index is 2.06. The number of rotatable bonds is 5. The van der Waals surface area contributed by atoms with Gasteiger partial charge >= 0.3 is 0 Å². The summed E-state index contributed by atoms with van der Waals surface area (Å²) < 4.78 is 0. The van der Waals surface area contributed by atoms with Crippen molar-refractivity contribution < 1.29 is 0 Å². The van der Waals surface area contributed by atoms with Crippen LogP contribution in [0.3, 0.4) is 0 Å². The van der Waals surface area contributed by atoms with E-state index in [1.54, 1.807) is 0 Å². The molecule has 18 heavy (non-hydrogen) atoms. The van der Waals surface area contributed by atoms with Crippen molar-refractivity contribution in [1.82, 2.24) is 9.97 Å². The Labute approximate surface area is 113 Å². The van der Waals surface area contributed by atoms with E-state index in [4.69, 9.17) is 5.73 Å². The molecule has 1 aromatic rings. The maximum atomic E-state index is 5.81. The fraction of sp³-hybridized carbons (Fsp3) is 0.692. The van der Waals surface area contributed by atoms with Gasteiger partial charge in [0, 0.05) is 23.8 Å². The van der Waals surface area contributed by atoms with Gasteiger partial charge in [0.25, 0.3) is 0 Å². The van der Waals surface area contributed by atoms with Gasteiger partial charge in [0.15, 0.2) is 0 Å². The summed E-state index contributed by atoms with van der Waals surface area (Å²) >= 11 is 2.04. The van der Waals surface area contributed by atoms with Crippen LogP contribution in [0, 0.1) is 0 Å². The molecule has 0 spiro atoms. The van der Waals surface area contributed by atoms with E-state index in [0.717, 1.165) is 18.1 Å². The first-order valence-electron chi connectivity index (χ1n) is 6.74. The SMILES string of the molecule is CCSC1CCCC1Nc1cc(N)nc(CC)n1. The number of aryl methyl sites for hydroxylation is 1. The number of hydrogen-bond donors (Lipinski definition) is 2. The van der Waals surface area contributed by atoms with Crippen molar-refractivity contribution in [1.29, 1.82) is 0 Å². The van der Waals surface area contributed by atoms with Crippen LogP contribution in [0.5, 0.6) is 0 Å². The van der Waals surface area contributed by atoms with Gasteiger partial charge in [-0.1, -0.05) is 20.3 Å². The molecule has 2 atom stereocenters. The predicted octanol–water partition coefficient (Wildman–Crippen LogP) is 2.71. The zero-order chi connectivity index (χ0) is 13.0. The van der Waals surface area contributed by atoms with Gasteiger partial charge in [0.1, 0.15) is 17.5 Å². The van der Waals surface area contributed by atoms with Crippen molar-refractivity contribution in [2.24, 2.45) is 0 Å². The van der Waals surface area contributed by atoms with E-state index < -0.39 is 0 Å². The lowest BCUT2D eigenvalue weighted by atomic mass is 10.2. The van der Waals surface area contributed by atoms with Gasteiger partial charge in [0.2, 0.25) is 0 Å². The Morgan fingerprint density at radius 1 is 1.39 bits per heavy atom. The number of hydrogen-bond acceptors (Lipinski definition) is 5. The van der Waals surface area contributed by atoms with Crippen molar-refractivity contribution >= 4 is 23.4 Å². The van der Waals surface area contributed by atoms with E-state index in [2.05, 4.69) is 22.2 Å². The third kappa shape index (κ3) is 3.28. The van der Waals surface area contributed by atoms with Crippen molar-refractivity contribution in [2.75, 3.05) is 16.8 Å². The van der Waals surface area contributed by atoms with Gasteiger partial charge in [0.05, 0.1) is 0 Å². The van der Waals surface area contributed by atoms with Gasteiger partial charge in [-0.05, 0) is 18.6 Å². The van der Waals surface area contributed by atoms with Crippen molar-refractivity contribution in [3.63, 3.8) is 0 Å². The molecule has 0 aromatic carbocycles. The number of anilines is 2. The fourth-order valence-corrected chi connectivity index (χ4v) is 3.64. The molecule has 1 aliphatic rings. The normalized spacial score (nSPS) is 23.2. The molecule has 0 saturated heterocycles. The van der Waals surface area contributed by atoms with Crippen LogP contribution < -0.4 is 11.1 Å². The molecule has 1 fully saturated rings. The minimum atomic E-state index is 0.522. The molecule has 0 radical (unpaired) electrons. The fourth-order valence-electron chi connectivity index (χ4n) is 2.44. The van der Waals surface area contributed by atoms with Gasteiger partial charge < -0.3 is 11.1 Å². The third-order valence-corrected chi connectivity index (χ3v) is 4.60. The molecule has 100 valence electrons. The lowest BCUT2D eigenvalue weighted by Crippen LogP contribution is -2.27. The summed E-state index contributed by atoms with van der Waals surface area (Å²) in [7, 11) is 0. The molecule has 4 nitrogen and oxygen atoms in total. The van der Waals surface area contributed by atoms with E-state index >= 15 is 0 Å². The van der Waals surface area contributed by atoms with Crippen LogP contribution in [0.4, 0.5) is 11.6 Å². The Kier molecular flexibility index (Phi) is 4.69. The Hall–Kier alpha value is -0.970. The number of thioether (sulfide) groups is 1. The Morgan fingerprint density at radius 3 is 2.94 bits per heavy atom. The molecule has 1 aromatic heterocycles. The molecular weight excluding hydrogens is 244 g/mol. The molecular formula is C13H22N4S. The highest BCUT2D eigenvalue weighted by Crippen LogP contribution is 2.31. The number of nitrogens with zero attached hydrogens (tertiary/aromatic N) is 2. The van der Waals surface area contributed by atoms with Crippen LogP contribution in [0.25, 0.3) is 0 Å². The molecule has 5 heteroatoms. The summed E-state index contributed by atoms with van der Waals surface area (Å²) in [5.74, 6) is 3.43. The lowest BCUT2D eigenvalue weighted by molar-refractivity contribution is 0.759. The summed E-state index contributed by atoms with van der Waals surface area (Å²) in [4.78, 5) is 8.70. The molecule has 2 unspecified atom stereocenters. The minimum absolute atomic E-state index is 0.522. The predicted molar refractivity (Wildman–Crippen MR) is 79.0 cm³/mol. The number of nitrogens with one attached hydrogen (secondary N) is 1. The maximum Gasteiger partial charge on any atom is 0.132 e. The van der Waals surface area contributed by atoms with Gasteiger partial charge in [-0.3, -0.25) is 0 Å². The summed E-state index contributed by atoms with van der Waals surface area (Å²) in [6.07, 6.45) is 4.65. The quantitative estimate of drug-likeness (QED) is 0.858. The molecule has 0 bridgehead atoms. The van der Waals surface area contributed by atoms with Crippen molar-refractivity contribution in [3.8, 4) is 0 Å². The first kappa shape index (κ1) is 13.5. The number of aromatic nitrogens is 2. The molecule has 1 saturated carbocycles. The second kappa shape index (κ2) is 6.27. The van der Waals surface area contributed by atoms with Crippen molar-refractivity contribution in [3.05, 3.63) is 11.9 Å². The van der Waals surface area contributed by atoms with E-state index in [1.165, 1.54) is 25.0 Å². The van der Waals surface area contributed by atoms with Crippen molar-refractivity contribution in [2.45, 2.75) is 50.8 Å². The standard InChI is InChI=1S/C13H22N4S/c1-3-12-16-11(14)8-13(17-12)15-9-6-5-7-10(9)18-4-2/h8-10H,3-7H2,1-2H3,(H3,14,15,16,17). The second-order valence-corrected chi connectivity index (χ2v) is 6.14. The zero-order valence-corrected chi connectivity index (χ0v) is 12.0. The van der Waals surface area contributed by atoms with Gasteiger partial charge in [-0.2, -0.15) is 11.8 Å². The third-order valence-electron chi connectivity index (χ3n) is 3.28. The van der Waals surface area contributed by atoms with E-state index in [0.29, 0.717) is 17.1 Å². The highest BCUT2D eigenvalue weighted by Gasteiger charge is 2.27. The summed E-state index contributed by atoms with van der Waals surface area (Å²) in [5, 5.41) is 4.24. The van der Waals surface area contributed by atoms with Crippen LogP contribution in [0.1, 0.15) is 38.9 Å². The second-order valence-electron chi connectivity index (χ2n) is 4.62. The average Bonchev–Trinajstić information content (AvgIpc) is 2.76. The van der Waals surface area contributed by atoms with Crippen LogP contribution in [0.15, 0.2) is 6.07 Å². The molecule has 0 aliphatic heterocycles. The first-order chi connectivity index (χ1) is 8.72. The van der Waals surface area contributed by atoms with E-state index in [1.807, 2.05) is 24.8 Å². The van der Waals surface area contributed by atoms with Gasteiger partial charge in [-0.15, -0.1) is 0 Å². The smallest absolute Gasteiger partial charge is 0.132 e.